The van der Waals surface area contributed by atoms with Crippen molar-refractivity contribution in [3.63, 3.8) is 0 Å². The Morgan fingerprint density at radius 2 is 2.00 bits per heavy atom. The zero-order chi connectivity index (χ0) is 12.9. The van der Waals surface area contributed by atoms with Gasteiger partial charge in [0.2, 0.25) is 0 Å². The maximum atomic E-state index is 11.8. The molecule has 0 saturated heterocycles. The highest BCUT2D eigenvalue weighted by atomic mass is 16.4. The number of carboxylic acid groups (broad SMARTS) is 1. The zero-order valence-corrected chi connectivity index (χ0v) is 9.80. The van der Waals surface area contributed by atoms with E-state index in [0.29, 0.717) is 12.8 Å². The molecule has 17 heavy (non-hydrogen) atoms. The number of nitrogens with one attached hydrogen (secondary N) is 1. The molecule has 0 aliphatic carbocycles. The van der Waals surface area contributed by atoms with Gasteiger partial charge in [0.15, 0.2) is 0 Å². The summed E-state index contributed by atoms with van der Waals surface area (Å²) in [5, 5.41) is 11.7. The Labute approximate surface area is 99.1 Å². The molecule has 1 aromatic rings. The van der Waals surface area contributed by atoms with Gasteiger partial charge >= 0.3 is 5.97 Å². The predicted octanol–water partition coefficient (Wildman–Crippen LogP) is 0.850. The van der Waals surface area contributed by atoms with Gasteiger partial charge in [-0.25, -0.2) is 9.78 Å². The van der Waals surface area contributed by atoms with Crippen LogP contribution < -0.4 is 5.32 Å². The van der Waals surface area contributed by atoms with Gasteiger partial charge in [0.05, 0.1) is 6.20 Å². The smallest absolute Gasteiger partial charge is 0.329 e. The van der Waals surface area contributed by atoms with Crippen LogP contribution in [0.15, 0.2) is 18.6 Å². The lowest BCUT2D eigenvalue weighted by Crippen LogP contribution is -2.53. The third-order valence-corrected chi connectivity index (χ3v) is 2.77. The van der Waals surface area contributed by atoms with E-state index in [2.05, 4.69) is 15.3 Å². The van der Waals surface area contributed by atoms with E-state index in [4.69, 9.17) is 5.11 Å². The Hall–Kier alpha value is -1.98. The fourth-order valence-corrected chi connectivity index (χ4v) is 1.48. The van der Waals surface area contributed by atoms with Gasteiger partial charge in [-0.1, -0.05) is 13.8 Å². The van der Waals surface area contributed by atoms with Gasteiger partial charge in [-0.2, -0.15) is 0 Å². The molecule has 0 saturated carbocycles. The quantitative estimate of drug-likeness (QED) is 0.792. The number of nitrogens with zero attached hydrogens (tertiary/aromatic N) is 2. The van der Waals surface area contributed by atoms with Crippen LogP contribution >= 0.6 is 0 Å². The Morgan fingerprint density at radius 1 is 1.35 bits per heavy atom. The first kappa shape index (κ1) is 13.1. The van der Waals surface area contributed by atoms with Crippen molar-refractivity contribution >= 4 is 11.9 Å². The molecule has 0 atom stereocenters. The molecule has 0 bridgehead atoms. The maximum absolute atomic E-state index is 11.8. The van der Waals surface area contributed by atoms with Crippen LogP contribution in [0.25, 0.3) is 0 Å². The number of hydrogen-bond acceptors (Lipinski definition) is 4. The predicted molar refractivity (Wildman–Crippen MR) is 60.4 cm³/mol. The Balaban J connectivity index is 2.89. The van der Waals surface area contributed by atoms with E-state index in [-0.39, 0.29) is 5.69 Å². The molecule has 0 radical (unpaired) electrons. The average molecular weight is 237 g/mol. The average Bonchev–Trinajstić information content (AvgIpc) is 2.36. The summed E-state index contributed by atoms with van der Waals surface area (Å²) in [5.74, 6) is -1.57. The number of rotatable bonds is 5. The summed E-state index contributed by atoms with van der Waals surface area (Å²) < 4.78 is 0. The normalized spacial score (nSPS) is 10.9. The first-order valence-electron chi connectivity index (χ1n) is 5.37. The summed E-state index contributed by atoms with van der Waals surface area (Å²) in [5.41, 5.74) is -1.13. The topological polar surface area (TPSA) is 92.2 Å². The summed E-state index contributed by atoms with van der Waals surface area (Å²) in [4.78, 5) is 30.6. The molecule has 0 aliphatic heterocycles. The van der Waals surface area contributed by atoms with E-state index >= 15 is 0 Å². The highest BCUT2D eigenvalue weighted by Gasteiger charge is 2.36. The van der Waals surface area contributed by atoms with Crippen molar-refractivity contribution in [3.8, 4) is 0 Å². The number of hydrogen-bond donors (Lipinski definition) is 2. The lowest BCUT2D eigenvalue weighted by Gasteiger charge is -2.27. The Bertz CT molecular complexity index is 402. The van der Waals surface area contributed by atoms with Crippen molar-refractivity contribution in [2.45, 2.75) is 32.2 Å². The first-order valence-corrected chi connectivity index (χ1v) is 5.37. The van der Waals surface area contributed by atoms with Crippen molar-refractivity contribution in [1.82, 2.24) is 15.3 Å². The molecule has 0 fully saturated rings. The maximum Gasteiger partial charge on any atom is 0.329 e. The van der Waals surface area contributed by atoms with Crippen LogP contribution in [0.3, 0.4) is 0 Å². The fourth-order valence-electron chi connectivity index (χ4n) is 1.48. The van der Waals surface area contributed by atoms with Crippen LogP contribution in [0, 0.1) is 0 Å². The SMILES string of the molecule is CCC(CC)(NC(=O)c1cnccn1)C(=O)O. The molecule has 0 aliphatic rings. The lowest BCUT2D eigenvalue weighted by atomic mass is 9.93. The molecular weight excluding hydrogens is 222 g/mol. The lowest BCUT2D eigenvalue weighted by molar-refractivity contribution is -0.144. The van der Waals surface area contributed by atoms with Crippen molar-refractivity contribution in [1.29, 1.82) is 0 Å². The number of aliphatic carboxylic acids is 1. The zero-order valence-electron chi connectivity index (χ0n) is 9.80. The van der Waals surface area contributed by atoms with Gasteiger partial charge in [0.25, 0.3) is 5.91 Å². The minimum Gasteiger partial charge on any atom is -0.480 e. The van der Waals surface area contributed by atoms with E-state index in [9.17, 15) is 9.59 Å². The van der Waals surface area contributed by atoms with Gasteiger partial charge in [-0.3, -0.25) is 9.78 Å². The van der Waals surface area contributed by atoms with Gasteiger partial charge in [0.1, 0.15) is 11.2 Å². The molecule has 1 heterocycles. The van der Waals surface area contributed by atoms with Crippen molar-refractivity contribution in [2.24, 2.45) is 0 Å². The molecule has 0 aromatic carbocycles. The number of carbonyl (C=O) groups is 2. The van der Waals surface area contributed by atoms with E-state index in [1.807, 2.05) is 0 Å². The summed E-state index contributed by atoms with van der Waals surface area (Å²) in [6, 6.07) is 0. The summed E-state index contributed by atoms with van der Waals surface area (Å²) in [6.07, 6.45) is 4.75. The van der Waals surface area contributed by atoms with Crippen molar-refractivity contribution in [2.75, 3.05) is 0 Å². The monoisotopic (exact) mass is 237 g/mol. The molecule has 0 spiro atoms. The van der Waals surface area contributed by atoms with Crippen molar-refractivity contribution in [3.05, 3.63) is 24.3 Å². The van der Waals surface area contributed by atoms with Gasteiger partial charge in [-0.15, -0.1) is 0 Å². The third-order valence-electron chi connectivity index (χ3n) is 2.77. The summed E-state index contributed by atoms with van der Waals surface area (Å²) in [7, 11) is 0. The van der Waals surface area contributed by atoms with Crippen LogP contribution in [-0.2, 0) is 4.79 Å². The largest absolute Gasteiger partial charge is 0.480 e. The van der Waals surface area contributed by atoms with Crippen LogP contribution in [0.2, 0.25) is 0 Å². The van der Waals surface area contributed by atoms with E-state index in [1.165, 1.54) is 18.6 Å². The highest BCUT2D eigenvalue weighted by Crippen LogP contribution is 2.16. The Morgan fingerprint density at radius 3 is 2.41 bits per heavy atom. The summed E-state index contributed by atoms with van der Waals surface area (Å²) in [6.45, 7) is 3.43. The number of carboxylic acids is 1. The van der Waals surface area contributed by atoms with Crippen LogP contribution in [0.5, 0.6) is 0 Å². The third kappa shape index (κ3) is 2.77. The fraction of sp³-hybridized carbons (Fsp3) is 0.455. The van der Waals surface area contributed by atoms with E-state index in [1.54, 1.807) is 13.8 Å². The Kier molecular flexibility index (Phi) is 4.14. The molecule has 0 unspecified atom stereocenters. The highest BCUT2D eigenvalue weighted by molar-refractivity contribution is 5.96. The van der Waals surface area contributed by atoms with Gasteiger partial charge in [0, 0.05) is 12.4 Å². The number of aromatic nitrogens is 2. The number of amides is 1. The van der Waals surface area contributed by atoms with E-state index < -0.39 is 17.4 Å². The molecule has 1 amide bonds. The van der Waals surface area contributed by atoms with Gasteiger partial charge in [-0.05, 0) is 12.8 Å². The molecular formula is C11H15N3O3. The first-order chi connectivity index (χ1) is 8.05. The molecule has 1 aromatic heterocycles. The van der Waals surface area contributed by atoms with Crippen LogP contribution in [0.4, 0.5) is 0 Å². The molecule has 1 rings (SSSR count). The van der Waals surface area contributed by atoms with E-state index in [0.717, 1.165) is 0 Å². The minimum atomic E-state index is -1.24. The second-order valence-corrected chi connectivity index (χ2v) is 3.64. The molecule has 92 valence electrons. The second kappa shape index (κ2) is 5.38. The standard InChI is InChI=1S/C11H15N3O3/c1-3-11(4-2,10(16)17)14-9(15)8-7-12-5-6-13-8/h5-7H,3-4H2,1-2H3,(H,14,15)(H,16,17). The molecule has 6 heteroatoms. The molecule has 2 N–H and O–H groups in total. The van der Waals surface area contributed by atoms with Crippen molar-refractivity contribution < 1.29 is 14.7 Å². The number of carbonyl (C=O) groups excluding carboxylic acids is 1. The molecule has 6 nitrogen and oxygen atoms in total. The van der Waals surface area contributed by atoms with Crippen LogP contribution in [-0.4, -0.2) is 32.5 Å². The van der Waals surface area contributed by atoms with Gasteiger partial charge < -0.3 is 10.4 Å². The second-order valence-electron chi connectivity index (χ2n) is 3.64. The minimum absolute atomic E-state index is 0.111. The summed E-state index contributed by atoms with van der Waals surface area (Å²) >= 11 is 0. The van der Waals surface area contributed by atoms with Crippen LogP contribution in [0.1, 0.15) is 37.2 Å².